The quantitative estimate of drug-likeness (QED) is 0.273. The first kappa shape index (κ1) is 23.4. The molecule has 2 heterocycles. The van der Waals surface area contributed by atoms with E-state index >= 15 is 0 Å². The zero-order chi connectivity index (χ0) is 24.2. The lowest BCUT2D eigenvalue weighted by Gasteiger charge is -2.30. The van der Waals surface area contributed by atoms with Gasteiger partial charge in [-0.05, 0) is 77.4 Å². The normalized spacial score (nSPS) is 21.4. The zero-order valence-electron chi connectivity index (χ0n) is 21.9. The summed E-state index contributed by atoms with van der Waals surface area (Å²) in [6, 6.07) is 17.7. The molecule has 0 bridgehead atoms. The Labute approximate surface area is 205 Å². The highest BCUT2D eigenvalue weighted by Crippen LogP contribution is 2.50. The minimum absolute atomic E-state index is 0.606. The Hall–Kier alpha value is -2.39. The topological polar surface area (TPSA) is 26.0 Å². The maximum absolute atomic E-state index is 6.54. The van der Waals surface area contributed by atoms with Crippen LogP contribution in [-0.2, 0) is 0 Å². The highest BCUT2D eigenvalue weighted by atomic mass is 28.3. The summed E-state index contributed by atoms with van der Waals surface area (Å²) in [5.41, 5.74) is 5.59. The van der Waals surface area contributed by atoms with Crippen LogP contribution in [0.15, 0.2) is 59.1 Å². The van der Waals surface area contributed by atoms with E-state index in [1.165, 1.54) is 34.4 Å². The van der Waals surface area contributed by atoms with E-state index in [9.17, 15) is 0 Å². The van der Waals surface area contributed by atoms with Gasteiger partial charge in [-0.2, -0.15) is 0 Å². The van der Waals surface area contributed by atoms with Crippen LogP contribution < -0.4 is 5.19 Å². The monoisotopic (exact) mass is 469 g/mol. The van der Waals surface area contributed by atoms with Gasteiger partial charge in [-0.1, -0.05) is 71.6 Å². The van der Waals surface area contributed by atoms with Crippen molar-refractivity contribution in [1.29, 1.82) is 0 Å². The van der Waals surface area contributed by atoms with Gasteiger partial charge in [0.25, 0.3) is 0 Å². The molecule has 2 atom stereocenters. The number of fused-ring (bicyclic) bond motifs is 3. The average molecular weight is 470 g/mol. The lowest BCUT2D eigenvalue weighted by atomic mass is 9.75. The fraction of sp³-hybridized carbons (Fsp3) is 0.452. The van der Waals surface area contributed by atoms with E-state index in [1.54, 1.807) is 0 Å². The number of hydrogen-bond acceptors (Lipinski definition) is 2. The van der Waals surface area contributed by atoms with Crippen LogP contribution in [0.25, 0.3) is 33.2 Å². The molecule has 2 nitrogen and oxygen atoms in total. The molecule has 0 spiro atoms. The smallest absolute Gasteiger partial charge is 0.144 e. The summed E-state index contributed by atoms with van der Waals surface area (Å²) in [4.78, 5) is 4.88. The minimum atomic E-state index is -1.56. The second-order valence-corrected chi connectivity index (χ2v) is 17.1. The number of nitrogens with zero attached hydrogens (tertiary/aromatic N) is 1. The third-order valence-electron chi connectivity index (χ3n) is 8.25. The zero-order valence-corrected chi connectivity index (χ0v) is 22.9. The predicted molar refractivity (Wildman–Crippen MR) is 149 cm³/mol. The van der Waals surface area contributed by atoms with Crippen LogP contribution in [0.4, 0.5) is 0 Å². The van der Waals surface area contributed by atoms with E-state index in [4.69, 9.17) is 9.40 Å². The number of furan rings is 1. The predicted octanol–water partition coefficient (Wildman–Crippen LogP) is 8.62. The Morgan fingerprint density at radius 1 is 0.882 bits per heavy atom. The summed E-state index contributed by atoms with van der Waals surface area (Å²) in [6.07, 6.45) is 4.70. The second kappa shape index (κ2) is 8.68. The third kappa shape index (κ3) is 3.92. The molecule has 1 aliphatic rings. The van der Waals surface area contributed by atoms with Gasteiger partial charge in [0.1, 0.15) is 11.2 Å². The van der Waals surface area contributed by atoms with Crippen LogP contribution in [-0.4, -0.2) is 13.1 Å². The van der Waals surface area contributed by atoms with Gasteiger partial charge in [0, 0.05) is 22.5 Å². The van der Waals surface area contributed by atoms with Crippen molar-refractivity contribution in [2.75, 3.05) is 0 Å². The van der Waals surface area contributed by atoms with Crippen molar-refractivity contribution in [2.24, 2.45) is 23.7 Å². The molecule has 0 aliphatic heterocycles. The molecule has 1 aliphatic carbocycles. The van der Waals surface area contributed by atoms with E-state index in [-0.39, 0.29) is 0 Å². The fourth-order valence-electron chi connectivity index (χ4n) is 6.51. The van der Waals surface area contributed by atoms with Crippen LogP contribution in [0.1, 0.15) is 52.0 Å². The van der Waals surface area contributed by atoms with E-state index in [2.05, 4.69) is 95.9 Å². The summed E-state index contributed by atoms with van der Waals surface area (Å²) in [5, 5.41) is 3.98. The number of aromatic nitrogens is 1. The maximum atomic E-state index is 6.54. The van der Waals surface area contributed by atoms with Gasteiger partial charge in [0.05, 0.1) is 13.8 Å². The van der Waals surface area contributed by atoms with Gasteiger partial charge >= 0.3 is 0 Å². The van der Waals surface area contributed by atoms with E-state index in [1.807, 2.05) is 6.20 Å². The molecule has 0 radical (unpaired) electrons. The van der Waals surface area contributed by atoms with Crippen molar-refractivity contribution in [2.45, 2.75) is 66.1 Å². The van der Waals surface area contributed by atoms with Crippen molar-refractivity contribution in [1.82, 2.24) is 4.98 Å². The van der Waals surface area contributed by atoms with Gasteiger partial charge in [-0.15, -0.1) is 0 Å². The molecule has 178 valence electrons. The SMILES string of the molecule is CC(C)C1CCC(C(C)C)C1c1ccnc(-c2ccc([Si](C)(C)C)c3c2oc2ccccc23)c1. The van der Waals surface area contributed by atoms with Gasteiger partial charge in [0.2, 0.25) is 0 Å². The molecule has 4 aromatic rings. The fourth-order valence-corrected chi connectivity index (χ4v) is 8.09. The van der Waals surface area contributed by atoms with Crippen molar-refractivity contribution in [3.8, 4) is 11.3 Å². The molecule has 2 aromatic heterocycles. The molecular formula is C31H39NOSi. The Kier molecular flexibility index (Phi) is 5.96. The summed E-state index contributed by atoms with van der Waals surface area (Å²) in [7, 11) is -1.56. The van der Waals surface area contributed by atoms with Crippen molar-refractivity contribution >= 4 is 35.2 Å². The molecule has 2 aromatic carbocycles. The molecule has 2 unspecified atom stereocenters. The lowest BCUT2D eigenvalue weighted by Crippen LogP contribution is -2.37. The van der Waals surface area contributed by atoms with Crippen LogP contribution in [0.3, 0.4) is 0 Å². The number of rotatable bonds is 5. The lowest BCUT2D eigenvalue weighted by molar-refractivity contribution is 0.286. The Balaban J connectivity index is 1.70. The first-order chi connectivity index (χ1) is 16.2. The second-order valence-electron chi connectivity index (χ2n) is 12.1. The number of hydrogen-bond donors (Lipinski definition) is 0. The number of para-hydroxylation sites is 1. The first-order valence-corrected chi connectivity index (χ1v) is 16.6. The first-order valence-electron chi connectivity index (χ1n) is 13.1. The molecule has 0 N–H and O–H groups in total. The molecule has 1 saturated carbocycles. The molecule has 3 heteroatoms. The number of benzene rings is 2. The molecular weight excluding hydrogens is 430 g/mol. The van der Waals surface area contributed by atoms with Crippen LogP contribution >= 0.6 is 0 Å². The average Bonchev–Trinajstić information content (AvgIpc) is 3.40. The molecule has 1 fully saturated rings. The number of pyridine rings is 1. The van der Waals surface area contributed by atoms with Crippen LogP contribution in [0.2, 0.25) is 19.6 Å². The van der Waals surface area contributed by atoms with E-state index in [0.29, 0.717) is 17.8 Å². The minimum Gasteiger partial charge on any atom is -0.455 e. The Morgan fingerprint density at radius 3 is 2.21 bits per heavy atom. The summed E-state index contributed by atoms with van der Waals surface area (Å²) in [5.74, 6) is 3.48. The highest BCUT2D eigenvalue weighted by Gasteiger charge is 2.40. The molecule has 34 heavy (non-hydrogen) atoms. The Morgan fingerprint density at radius 2 is 1.56 bits per heavy atom. The largest absolute Gasteiger partial charge is 0.455 e. The summed E-state index contributed by atoms with van der Waals surface area (Å²) in [6.45, 7) is 16.8. The maximum Gasteiger partial charge on any atom is 0.144 e. The standard InChI is InChI=1S/C31H39NOSi/c1-19(2)22-12-13-23(20(3)4)29(22)21-16-17-32-26(18-21)24-14-15-28(34(5,6)7)30-25-10-8-9-11-27(25)33-31(24)30/h8-11,14-20,22-23,29H,12-13H2,1-7H3. The molecule has 5 rings (SSSR count). The van der Waals surface area contributed by atoms with Gasteiger partial charge in [-0.3, -0.25) is 4.98 Å². The highest BCUT2D eigenvalue weighted by molar-refractivity contribution is 6.90. The van der Waals surface area contributed by atoms with Gasteiger partial charge < -0.3 is 4.42 Å². The van der Waals surface area contributed by atoms with E-state index < -0.39 is 8.07 Å². The van der Waals surface area contributed by atoms with Gasteiger partial charge in [0.15, 0.2) is 0 Å². The molecule has 0 saturated heterocycles. The van der Waals surface area contributed by atoms with Crippen molar-refractivity contribution in [3.63, 3.8) is 0 Å². The van der Waals surface area contributed by atoms with Gasteiger partial charge in [-0.25, -0.2) is 0 Å². The Bertz CT molecular complexity index is 1310. The van der Waals surface area contributed by atoms with Crippen LogP contribution in [0.5, 0.6) is 0 Å². The van der Waals surface area contributed by atoms with E-state index in [0.717, 1.165) is 34.3 Å². The summed E-state index contributed by atoms with van der Waals surface area (Å²) < 4.78 is 6.54. The third-order valence-corrected chi connectivity index (χ3v) is 10.3. The van der Waals surface area contributed by atoms with Crippen LogP contribution in [0, 0.1) is 23.7 Å². The molecule has 0 amide bonds. The van der Waals surface area contributed by atoms with Crippen molar-refractivity contribution < 1.29 is 4.42 Å². The van der Waals surface area contributed by atoms with Crippen molar-refractivity contribution in [3.05, 3.63) is 60.3 Å². The summed E-state index contributed by atoms with van der Waals surface area (Å²) >= 11 is 0.